The number of rotatable bonds is 6. The third-order valence-corrected chi connectivity index (χ3v) is 3.40. The molecule has 0 unspecified atom stereocenters. The quantitative estimate of drug-likeness (QED) is 0.451. The molecule has 100 valence electrons. The SMILES string of the molecule is Cn1cc(SCCOc2ccc(B(O)O)cc2)cn1. The van der Waals surface area contributed by atoms with E-state index in [2.05, 4.69) is 5.10 Å². The molecule has 1 heterocycles. The molecule has 0 aliphatic heterocycles. The molecule has 1 aromatic heterocycles. The van der Waals surface area contributed by atoms with E-state index in [9.17, 15) is 0 Å². The van der Waals surface area contributed by atoms with Crippen LogP contribution in [0.5, 0.6) is 5.75 Å². The molecule has 5 nitrogen and oxygen atoms in total. The molecule has 0 atom stereocenters. The molecule has 0 aliphatic rings. The van der Waals surface area contributed by atoms with Crippen LogP contribution in [-0.2, 0) is 7.05 Å². The van der Waals surface area contributed by atoms with Gasteiger partial charge in [-0.1, -0.05) is 12.1 Å². The van der Waals surface area contributed by atoms with Crippen LogP contribution in [0.2, 0.25) is 0 Å². The smallest absolute Gasteiger partial charge is 0.488 e. The van der Waals surface area contributed by atoms with Crippen LogP contribution in [0.3, 0.4) is 0 Å². The van der Waals surface area contributed by atoms with Crippen molar-refractivity contribution in [1.29, 1.82) is 0 Å². The largest absolute Gasteiger partial charge is 0.493 e. The van der Waals surface area contributed by atoms with Gasteiger partial charge in [0.2, 0.25) is 0 Å². The van der Waals surface area contributed by atoms with Gasteiger partial charge in [-0.3, -0.25) is 4.68 Å². The van der Waals surface area contributed by atoms with Crippen LogP contribution in [0, 0.1) is 0 Å². The minimum atomic E-state index is -1.44. The Morgan fingerprint density at radius 2 is 2.05 bits per heavy atom. The summed E-state index contributed by atoms with van der Waals surface area (Å²) < 4.78 is 7.32. The van der Waals surface area contributed by atoms with E-state index in [1.54, 1.807) is 40.7 Å². The summed E-state index contributed by atoms with van der Waals surface area (Å²) in [6, 6.07) is 6.72. The Labute approximate surface area is 116 Å². The number of hydrogen-bond donors (Lipinski definition) is 2. The Balaban J connectivity index is 1.73. The Kier molecular flexibility index (Phi) is 4.89. The molecule has 2 aromatic rings. The first-order chi connectivity index (χ1) is 9.15. The van der Waals surface area contributed by atoms with E-state index in [1.807, 2.05) is 19.4 Å². The van der Waals surface area contributed by atoms with E-state index in [-0.39, 0.29) is 0 Å². The lowest BCUT2D eigenvalue weighted by molar-refractivity contribution is 0.344. The number of hydrogen-bond acceptors (Lipinski definition) is 5. The van der Waals surface area contributed by atoms with Crippen molar-refractivity contribution in [2.24, 2.45) is 7.05 Å². The summed E-state index contributed by atoms with van der Waals surface area (Å²) in [6.07, 6.45) is 3.78. The van der Waals surface area contributed by atoms with Gasteiger partial charge in [0, 0.05) is 23.9 Å². The van der Waals surface area contributed by atoms with E-state index in [0.29, 0.717) is 12.1 Å². The number of benzene rings is 1. The van der Waals surface area contributed by atoms with E-state index >= 15 is 0 Å². The first-order valence-corrected chi connectivity index (χ1v) is 6.84. The van der Waals surface area contributed by atoms with E-state index in [0.717, 1.165) is 16.4 Å². The average Bonchev–Trinajstić information content (AvgIpc) is 2.81. The van der Waals surface area contributed by atoms with Gasteiger partial charge in [0.15, 0.2) is 0 Å². The van der Waals surface area contributed by atoms with Gasteiger partial charge < -0.3 is 14.8 Å². The predicted octanol–water partition coefficient (Wildman–Crippen LogP) is 0.271. The van der Waals surface area contributed by atoms with Gasteiger partial charge in [0.25, 0.3) is 0 Å². The topological polar surface area (TPSA) is 67.5 Å². The first kappa shape index (κ1) is 14.0. The third-order valence-electron chi connectivity index (χ3n) is 2.48. The van der Waals surface area contributed by atoms with Crippen LogP contribution in [0.1, 0.15) is 0 Å². The molecule has 0 amide bonds. The minimum absolute atomic E-state index is 0.456. The van der Waals surface area contributed by atoms with Gasteiger partial charge in [-0.15, -0.1) is 11.8 Å². The maximum atomic E-state index is 8.96. The molecule has 2 rings (SSSR count). The molecule has 1 aromatic carbocycles. The zero-order valence-corrected chi connectivity index (χ0v) is 11.4. The van der Waals surface area contributed by atoms with Gasteiger partial charge in [-0.2, -0.15) is 5.10 Å². The lowest BCUT2D eigenvalue weighted by Gasteiger charge is -2.06. The molecule has 7 heteroatoms. The molecular weight excluding hydrogens is 263 g/mol. The first-order valence-electron chi connectivity index (χ1n) is 5.85. The Morgan fingerprint density at radius 3 is 2.63 bits per heavy atom. The summed E-state index contributed by atoms with van der Waals surface area (Å²) in [4.78, 5) is 1.12. The van der Waals surface area contributed by atoms with Crippen LogP contribution >= 0.6 is 11.8 Å². The molecule has 0 aliphatic carbocycles. The average molecular weight is 278 g/mol. The number of aryl methyl sites for hydroxylation is 1. The van der Waals surface area contributed by atoms with Crippen LogP contribution in [-0.4, -0.2) is 39.3 Å². The summed E-state index contributed by atoms with van der Waals surface area (Å²) >= 11 is 1.68. The maximum absolute atomic E-state index is 8.96. The van der Waals surface area contributed by atoms with Gasteiger partial charge in [0.1, 0.15) is 5.75 Å². The second kappa shape index (κ2) is 6.65. The lowest BCUT2D eigenvalue weighted by Crippen LogP contribution is -2.29. The van der Waals surface area contributed by atoms with Gasteiger partial charge in [-0.25, -0.2) is 0 Å². The lowest BCUT2D eigenvalue weighted by atomic mass is 9.80. The van der Waals surface area contributed by atoms with Crippen molar-refractivity contribution in [3.05, 3.63) is 36.7 Å². The normalized spacial score (nSPS) is 10.5. The van der Waals surface area contributed by atoms with Crippen LogP contribution in [0.15, 0.2) is 41.6 Å². The zero-order chi connectivity index (χ0) is 13.7. The molecule has 2 N–H and O–H groups in total. The third kappa shape index (κ3) is 4.31. The maximum Gasteiger partial charge on any atom is 0.488 e. The molecule has 0 saturated carbocycles. The zero-order valence-electron chi connectivity index (χ0n) is 10.6. The second-order valence-corrected chi connectivity index (χ2v) is 5.16. The van der Waals surface area contributed by atoms with Crippen molar-refractivity contribution in [1.82, 2.24) is 9.78 Å². The second-order valence-electron chi connectivity index (χ2n) is 3.99. The van der Waals surface area contributed by atoms with Gasteiger partial charge >= 0.3 is 7.12 Å². The predicted molar refractivity (Wildman–Crippen MR) is 75.7 cm³/mol. The van der Waals surface area contributed by atoms with Crippen LogP contribution in [0.25, 0.3) is 0 Å². The number of thioether (sulfide) groups is 1. The molecular formula is C12H15BN2O3S. The standard InChI is InChI=1S/C12H15BN2O3S/c1-15-9-12(8-14-15)19-7-6-18-11-4-2-10(3-5-11)13(16)17/h2-5,8-9,16-17H,6-7H2,1H3. The van der Waals surface area contributed by atoms with E-state index in [4.69, 9.17) is 14.8 Å². The van der Waals surface area contributed by atoms with Crippen molar-refractivity contribution in [2.75, 3.05) is 12.4 Å². The van der Waals surface area contributed by atoms with Crippen molar-refractivity contribution < 1.29 is 14.8 Å². The molecule has 0 spiro atoms. The molecule has 0 radical (unpaired) electrons. The molecule has 0 fully saturated rings. The molecule has 19 heavy (non-hydrogen) atoms. The van der Waals surface area contributed by atoms with E-state index in [1.165, 1.54) is 0 Å². The monoisotopic (exact) mass is 278 g/mol. The summed E-state index contributed by atoms with van der Waals surface area (Å²) in [5.41, 5.74) is 0.456. The Bertz CT molecular complexity index is 516. The Hall–Kier alpha value is -1.44. The van der Waals surface area contributed by atoms with Gasteiger partial charge in [0.05, 0.1) is 12.8 Å². The molecule has 0 saturated heterocycles. The summed E-state index contributed by atoms with van der Waals surface area (Å²) in [5, 5.41) is 22.0. The van der Waals surface area contributed by atoms with Crippen LogP contribution < -0.4 is 10.2 Å². The fourth-order valence-corrected chi connectivity index (χ4v) is 2.28. The van der Waals surface area contributed by atoms with Gasteiger partial charge in [-0.05, 0) is 17.6 Å². The summed E-state index contributed by atoms with van der Waals surface area (Å²) in [7, 11) is 0.452. The number of ether oxygens (including phenoxy) is 1. The fourth-order valence-electron chi connectivity index (χ4n) is 1.53. The van der Waals surface area contributed by atoms with Crippen molar-refractivity contribution in [3.63, 3.8) is 0 Å². The number of nitrogens with zero attached hydrogens (tertiary/aromatic N) is 2. The number of aromatic nitrogens is 2. The van der Waals surface area contributed by atoms with Crippen molar-refractivity contribution in [3.8, 4) is 5.75 Å². The fraction of sp³-hybridized carbons (Fsp3) is 0.250. The molecule has 0 bridgehead atoms. The highest BCUT2D eigenvalue weighted by Crippen LogP contribution is 2.16. The minimum Gasteiger partial charge on any atom is -0.493 e. The highest BCUT2D eigenvalue weighted by atomic mass is 32.2. The van der Waals surface area contributed by atoms with Crippen molar-refractivity contribution >= 4 is 24.3 Å². The Morgan fingerprint density at radius 1 is 1.32 bits per heavy atom. The van der Waals surface area contributed by atoms with Crippen LogP contribution in [0.4, 0.5) is 0 Å². The highest BCUT2D eigenvalue weighted by Gasteiger charge is 2.09. The van der Waals surface area contributed by atoms with E-state index < -0.39 is 7.12 Å². The summed E-state index contributed by atoms with van der Waals surface area (Å²) in [6.45, 7) is 0.584. The highest BCUT2D eigenvalue weighted by molar-refractivity contribution is 7.99. The summed E-state index contributed by atoms with van der Waals surface area (Å²) in [5.74, 6) is 1.55. The van der Waals surface area contributed by atoms with Crippen molar-refractivity contribution in [2.45, 2.75) is 4.90 Å².